The van der Waals surface area contributed by atoms with Gasteiger partial charge in [0.2, 0.25) is 11.8 Å². The summed E-state index contributed by atoms with van der Waals surface area (Å²) in [4.78, 5) is 54.9. The topological polar surface area (TPSA) is 120 Å². The average molecular weight is 573 g/mol. The van der Waals surface area contributed by atoms with Crippen molar-refractivity contribution in [1.82, 2.24) is 24.3 Å². The second-order valence-corrected chi connectivity index (χ2v) is 12.8. The van der Waals surface area contributed by atoms with Crippen LogP contribution < -0.4 is 15.9 Å². The zero-order valence-corrected chi connectivity index (χ0v) is 24.4. The molecule has 0 aliphatic carbocycles. The van der Waals surface area contributed by atoms with E-state index in [1.165, 1.54) is 16.2 Å². The number of aromatic nitrogens is 2. The number of imide groups is 1. The number of amides is 3. The van der Waals surface area contributed by atoms with Crippen LogP contribution in [0.5, 0.6) is 0 Å². The normalized spacial score (nSPS) is 24.7. The number of hydrogen-bond acceptors (Lipinski definition) is 6. The van der Waals surface area contributed by atoms with E-state index in [9.17, 15) is 24.3 Å². The van der Waals surface area contributed by atoms with Crippen LogP contribution in [0.15, 0.2) is 16.9 Å². The molecule has 224 valence electrons. The quantitative estimate of drug-likeness (QED) is 0.529. The number of rotatable bonds is 5. The summed E-state index contributed by atoms with van der Waals surface area (Å²) in [6.45, 7) is 10.7. The zero-order valence-electron chi connectivity index (χ0n) is 24.4. The molecule has 1 aromatic heterocycles. The van der Waals surface area contributed by atoms with Gasteiger partial charge in [0.25, 0.3) is 0 Å². The largest absolute Gasteiger partial charge is 0.465 e. The van der Waals surface area contributed by atoms with Gasteiger partial charge in [0.15, 0.2) is 5.82 Å². The third-order valence-corrected chi connectivity index (χ3v) is 9.21. The molecule has 3 aliphatic rings. The predicted octanol–water partition coefficient (Wildman–Crippen LogP) is 2.77. The first-order chi connectivity index (χ1) is 19.4. The van der Waals surface area contributed by atoms with Crippen molar-refractivity contribution < 1.29 is 23.9 Å². The number of fused-ring (bicyclic) bond motifs is 1. The monoisotopic (exact) mass is 572 g/mol. The molecular weight excluding hydrogens is 531 g/mol. The molecule has 3 amide bonds. The molecule has 0 radical (unpaired) electrons. The van der Waals surface area contributed by atoms with E-state index in [0.717, 1.165) is 38.9 Å². The number of nitrogens with one attached hydrogen (secondary N) is 1. The van der Waals surface area contributed by atoms with Gasteiger partial charge in [-0.3, -0.25) is 28.9 Å². The Kier molecular flexibility index (Phi) is 7.88. The number of anilines is 1. The number of carbonyl (C=O) groups excluding carboxylic acids is 2. The van der Waals surface area contributed by atoms with E-state index in [2.05, 4.69) is 31.0 Å². The first-order valence-corrected chi connectivity index (χ1v) is 14.6. The van der Waals surface area contributed by atoms with Crippen molar-refractivity contribution in [1.29, 1.82) is 0 Å². The Labute approximate surface area is 238 Å². The molecule has 3 aliphatic heterocycles. The molecule has 0 spiro atoms. The van der Waals surface area contributed by atoms with Crippen LogP contribution in [0.25, 0.3) is 11.0 Å². The number of nitrogens with zero attached hydrogens (tertiary/aromatic N) is 5. The van der Waals surface area contributed by atoms with Gasteiger partial charge in [0.05, 0.1) is 11.2 Å². The number of imidazole rings is 1. The van der Waals surface area contributed by atoms with Crippen LogP contribution in [0.2, 0.25) is 0 Å². The minimum absolute atomic E-state index is 0.00862. The Balaban J connectivity index is 1.23. The minimum atomic E-state index is -0.854. The molecular formula is C29H41FN6O5. The van der Waals surface area contributed by atoms with E-state index in [0.29, 0.717) is 36.8 Å². The van der Waals surface area contributed by atoms with Gasteiger partial charge in [-0.25, -0.2) is 14.0 Å². The van der Waals surface area contributed by atoms with Crippen LogP contribution in [-0.2, 0) is 16.6 Å². The van der Waals surface area contributed by atoms with Crippen molar-refractivity contribution in [3.05, 3.63) is 28.4 Å². The fourth-order valence-electron chi connectivity index (χ4n) is 6.82. The van der Waals surface area contributed by atoms with Crippen LogP contribution in [0.1, 0.15) is 58.9 Å². The molecule has 12 heteroatoms. The van der Waals surface area contributed by atoms with Gasteiger partial charge in [0.1, 0.15) is 11.6 Å². The number of piperazine rings is 1. The summed E-state index contributed by atoms with van der Waals surface area (Å²) in [7, 11) is 1.50. The number of likely N-dealkylation sites (tertiary alicyclic amines) is 1. The number of carbonyl (C=O) groups is 3. The van der Waals surface area contributed by atoms with Gasteiger partial charge >= 0.3 is 11.8 Å². The van der Waals surface area contributed by atoms with Crippen LogP contribution in [0, 0.1) is 17.2 Å². The van der Waals surface area contributed by atoms with E-state index < -0.39 is 29.5 Å². The van der Waals surface area contributed by atoms with Crippen molar-refractivity contribution in [2.45, 2.75) is 65.0 Å². The highest BCUT2D eigenvalue weighted by molar-refractivity contribution is 6.00. The van der Waals surface area contributed by atoms with Gasteiger partial charge in [-0.15, -0.1) is 0 Å². The number of aryl methyl sites for hydroxylation is 1. The van der Waals surface area contributed by atoms with Crippen molar-refractivity contribution in [2.75, 3.05) is 44.2 Å². The van der Waals surface area contributed by atoms with E-state index in [1.807, 2.05) is 4.90 Å². The van der Waals surface area contributed by atoms with E-state index in [-0.39, 0.29) is 35.7 Å². The molecule has 3 saturated heterocycles. The molecule has 5 rings (SSSR count). The van der Waals surface area contributed by atoms with Gasteiger partial charge in [-0.1, -0.05) is 20.8 Å². The highest BCUT2D eigenvalue weighted by Crippen LogP contribution is 2.36. The summed E-state index contributed by atoms with van der Waals surface area (Å²) in [6.07, 6.45) is 2.25. The molecule has 2 N–H and O–H groups in total. The van der Waals surface area contributed by atoms with Gasteiger partial charge in [-0.2, -0.15) is 0 Å². The summed E-state index contributed by atoms with van der Waals surface area (Å²) in [5.74, 6) is -0.926. The molecule has 11 nitrogen and oxygen atoms in total. The summed E-state index contributed by atoms with van der Waals surface area (Å²) in [5.41, 5.74) is 0.329. The fourth-order valence-corrected chi connectivity index (χ4v) is 6.82. The van der Waals surface area contributed by atoms with Gasteiger partial charge in [-0.05, 0) is 55.7 Å². The van der Waals surface area contributed by atoms with Crippen molar-refractivity contribution in [3.63, 3.8) is 0 Å². The number of carboxylic acid groups (broad SMARTS) is 1. The molecule has 4 heterocycles. The maximum absolute atomic E-state index is 15.9. The molecule has 3 fully saturated rings. The van der Waals surface area contributed by atoms with E-state index in [4.69, 9.17) is 0 Å². The van der Waals surface area contributed by atoms with E-state index in [1.54, 1.807) is 17.0 Å². The molecule has 3 unspecified atom stereocenters. The average Bonchev–Trinajstić information content (AvgIpc) is 3.17. The lowest BCUT2D eigenvalue weighted by Gasteiger charge is -2.45. The van der Waals surface area contributed by atoms with Crippen molar-refractivity contribution >= 4 is 34.6 Å². The maximum atomic E-state index is 15.9. The molecule has 3 atom stereocenters. The van der Waals surface area contributed by atoms with Crippen LogP contribution in [0.4, 0.5) is 14.9 Å². The number of halogens is 1. The van der Waals surface area contributed by atoms with Crippen LogP contribution in [0.3, 0.4) is 0 Å². The van der Waals surface area contributed by atoms with Crippen LogP contribution in [-0.4, -0.2) is 87.3 Å². The Hall–Kier alpha value is -3.41. The lowest BCUT2D eigenvalue weighted by Crippen LogP contribution is -2.52. The summed E-state index contributed by atoms with van der Waals surface area (Å²) >= 11 is 0. The third kappa shape index (κ3) is 5.58. The predicted molar refractivity (Wildman–Crippen MR) is 153 cm³/mol. The Bertz CT molecular complexity index is 1400. The summed E-state index contributed by atoms with van der Waals surface area (Å²) in [6, 6.07) is 2.53. The van der Waals surface area contributed by atoms with Gasteiger partial charge < -0.3 is 14.9 Å². The maximum Gasteiger partial charge on any atom is 0.407 e. The Morgan fingerprint density at radius 3 is 2.41 bits per heavy atom. The number of benzene rings is 1. The second-order valence-electron chi connectivity index (χ2n) is 12.8. The SMILES string of the molecule is Cn1c(=O)n(C2CCC(=O)NC2=O)c2ccc(N3CCN(CCC4CCN(C(=O)O)C(C(C)(C)C)C4)CC3)c(F)c21. The lowest BCUT2D eigenvalue weighted by molar-refractivity contribution is -0.135. The summed E-state index contributed by atoms with van der Waals surface area (Å²) < 4.78 is 18.5. The second kappa shape index (κ2) is 11.1. The number of piperidine rings is 2. The Morgan fingerprint density at radius 1 is 1.07 bits per heavy atom. The number of hydrogen-bond donors (Lipinski definition) is 2. The third-order valence-electron chi connectivity index (χ3n) is 9.21. The zero-order chi connectivity index (χ0) is 29.6. The highest BCUT2D eigenvalue weighted by Gasteiger charge is 2.39. The lowest BCUT2D eigenvalue weighted by atomic mass is 9.76. The van der Waals surface area contributed by atoms with Crippen molar-refractivity contribution in [2.24, 2.45) is 18.4 Å². The van der Waals surface area contributed by atoms with Gasteiger partial charge in [0, 0.05) is 52.2 Å². The summed E-state index contributed by atoms with van der Waals surface area (Å²) in [5, 5.41) is 11.9. The Morgan fingerprint density at radius 2 is 1.78 bits per heavy atom. The van der Waals surface area contributed by atoms with Crippen LogP contribution >= 0.6 is 0 Å². The molecule has 41 heavy (non-hydrogen) atoms. The smallest absolute Gasteiger partial charge is 0.407 e. The molecule has 2 aromatic rings. The molecule has 0 saturated carbocycles. The minimum Gasteiger partial charge on any atom is -0.465 e. The molecule has 1 aromatic carbocycles. The fraction of sp³-hybridized carbons (Fsp3) is 0.655. The standard InChI is InChI=1S/C29H41FN6O5/c1-29(2,3)22-17-18(10-12-35(22)28(40)41)9-11-33-13-15-34(16-14-33)19-5-6-20-25(24(19)30)32(4)27(39)36(20)21-7-8-23(37)31-26(21)38/h5-6,18,21-22H,7-17H2,1-4H3,(H,40,41)(H,31,37,38). The molecule has 0 bridgehead atoms. The van der Waals surface area contributed by atoms with Crippen molar-refractivity contribution in [3.8, 4) is 0 Å². The highest BCUT2D eigenvalue weighted by atomic mass is 19.1. The van der Waals surface area contributed by atoms with E-state index >= 15 is 4.39 Å². The first kappa shape index (κ1) is 29.1. The first-order valence-electron chi connectivity index (χ1n) is 14.6.